The van der Waals surface area contributed by atoms with Crippen LogP contribution in [0.4, 0.5) is 0 Å². The summed E-state index contributed by atoms with van der Waals surface area (Å²) in [6, 6.07) is 10.1. The Kier molecular flexibility index (Phi) is 10.2. The fourth-order valence-electron chi connectivity index (χ4n) is 6.30. The van der Waals surface area contributed by atoms with Gasteiger partial charge in [0.2, 0.25) is 23.6 Å². The van der Waals surface area contributed by atoms with Crippen LogP contribution in [0.15, 0.2) is 60.9 Å². The maximum absolute atomic E-state index is 14.3. The molecule has 5 amide bonds. The van der Waals surface area contributed by atoms with Crippen LogP contribution in [0.1, 0.15) is 49.0 Å². The van der Waals surface area contributed by atoms with Gasteiger partial charge in [-0.15, -0.1) is 0 Å². The van der Waals surface area contributed by atoms with Gasteiger partial charge in [0, 0.05) is 37.1 Å². The zero-order valence-electron chi connectivity index (χ0n) is 27.1. The first-order chi connectivity index (χ1) is 24.1. The van der Waals surface area contributed by atoms with Crippen molar-refractivity contribution in [3.05, 3.63) is 66.6 Å². The summed E-state index contributed by atoms with van der Waals surface area (Å²) in [5.74, 6) is -4.06. The first kappa shape index (κ1) is 34.0. The fraction of sp³-hybridized carbons (Fsp3) is 0.382. The number of carbonyl (C=O) groups excluding carboxylic acids is 5. The van der Waals surface area contributed by atoms with Crippen molar-refractivity contribution in [2.45, 2.75) is 69.2 Å². The molecule has 0 unspecified atom stereocenters. The Morgan fingerprint density at radius 3 is 2.48 bits per heavy atom. The van der Waals surface area contributed by atoms with Crippen molar-refractivity contribution in [1.82, 2.24) is 45.9 Å². The topological polar surface area (TPSA) is 218 Å². The Labute approximate surface area is 286 Å². The van der Waals surface area contributed by atoms with E-state index in [9.17, 15) is 33.9 Å². The predicted octanol–water partition coefficient (Wildman–Crippen LogP) is 0.514. The van der Waals surface area contributed by atoms with E-state index in [0.29, 0.717) is 23.9 Å². The third-order valence-corrected chi connectivity index (χ3v) is 8.82. The molecule has 4 aromatic rings. The minimum absolute atomic E-state index is 0.00362. The first-order valence-corrected chi connectivity index (χ1v) is 16.5. The van der Waals surface area contributed by atoms with E-state index < -0.39 is 53.8 Å². The Morgan fingerprint density at radius 2 is 1.70 bits per heavy atom. The summed E-state index contributed by atoms with van der Waals surface area (Å²) in [6.07, 6.45) is 3.85. The SMILES string of the molecule is O=C1CC[C@@H](C(=O)O)NC(=O)[C@@H]2C[C@@H](NC(=O)Cn3cc4ccccc4n3)CN2C(=O)[C@@H](NC(=O)c2cnc3ccccc3n2)CCCCN1. The smallest absolute Gasteiger partial charge is 0.326 e. The van der Waals surface area contributed by atoms with Crippen molar-refractivity contribution in [3.8, 4) is 0 Å². The number of aliphatic carboxylic acids is 1. The van der Waals surface area contributed by atoms with Gasteiger partial charge in [-0.1, -0.05) is 30.3 Å². The van der Waals surface area contributed by atoms with Crippen LogP contribution >= 0.6 is 0 Å². The third kappa shape index (κ3) is 8.02. The van der Waals surface area contributed by atoms with Crippen molar-refractivity contribution >= 4 is 57.4 Å². The zero-order chi connectivity index (χ0) is 35.2. The summed E-state index contributed by atoms with van der Waals surface area (Å²) < 4.78 is 1.50. The van der Waals surface area contributed by atoms with Crippen molar-refractivity contribution in [2.24, 2.45) is 0 Å². The number of nitrogens with one attached hydrogen (secondary N) is 4. The highest BCUT2D eigenvalue weighted by molar-refractivity contribution is 5.98. The maximum atomic E-state index is 14.3. The number of rotatable bonds is 6. The number of amides is 5. The van der Waals surface area contributed by atoms with Gasteiger partial charge in [-0.2, -0.15) is 5.10 Å². The monoisotopic (exact) mass is 683 g/mol. The molecule has 16 nitrogen and oxygen atoms in total. The molecule has 0 radical (unpaired) electrons. The molecule has 2 aromatic carbocycles. The number of carbonyl (C=O) groups is 6. The second-order valence-corrected chi connectivity index (χ2v) is 12.4. The van der Waals surface area contributed by atoms with E-state index in [1.807, 2.05) is 24.3 Å². The average molecular weight is 684 g/mol. The molecule has 50 heavy (non-hydrogen) atoms. The van der Waals surface area contributed by atoms with Crippen LogP contribution in [0.3, 0.4) is 0 Å². The normalized spacial score (nSPS) is 22.2. The van der Waals surface area contributed by atoms with Crippen molar-refractivity contribution in [3.63, 3.8) is 0 Å². The molecule has 0 aliphatic carbocycles. The van der Waals surface area contributed by atoms with Crippen LogP contribution in [0, 0.1) is 0 Å². The molecule has 2 aliphatic rings. The van der Waals surface area contributed by atoms with E-state index in [0.717, 1.165) is 10.9 Å². The van der Waals surface area contributed by atoms with Crippen LogP contribution in [-0.4, -0.2) is 103 Å². The molecule has 2 aliphatic heterocycles. The molecule has 0 bridgehead atoms. The van der Waals surface area contributed by atoms with Crippen LogP contribution < -0.4 is 21.3 Å². The Morgan fingerprint density at radius 1 is 0.940 bits per heavy atom. The Bertz CT molecular complexity index is 1910. The molecule has 260 valence electrons. The molecular formula is C34H37N9O7. The lowest BCUT2D eigenvalue weighted by Gasteiger charge is -2.29. The van der Waals surface area contributed by atoms with Gasteiger partial charge in [-0.05, 0) is 50.3 Å². The number of benzene rings is 2. The highest BCUT2D eigenvalue weighted by Crippen LogP contribution is 2.22. The molecule has 6 rings (SSSR count). The summed E-state index contributed by atoms with van der Waals surface area (Å²) in [5, 5.41) is 25.9. The fourth-order valence-corrected chi connectivity index (χ4v) is 6.30. The van der Waals surface area contributed by atoms with Crippen LogP contribution in [0.25, 0.3) is 21.9 Å². The third-order valence-electron chi connectivity index (χ3n) is 8.82. The highest BCUT2D eigenvalue weighted by Gasteiger charge is 2.43. The lowest BCUT2D eigenvalue weighted by atomic mass is 10.1. The summed E-state index contributed by atoms with van der Waals surface area (Å²) in [4.78, 5) is 88.9. The predicted molar refractivity (Wildman–Crippen MR) is 178 cm³/mol. The molecule has 0 spiro atoms. The quantitative estimate of drug-likeness (QED) is 0.190. The van der Waals surface area contributed by atoms with Gasteiger partial charge in [0.05, 0.1) is 22.7 Å². The van der Waals surface area contributed by atoms with Gasteiger partial charge in [0.15, 0.2) is 0 Å². The van der Waals surface area contributed by atoms with Gasteiger partial charge in [-0.3, -0.25) is 33.6 Å². The largest absolute Gasteiger partial charge is 0.480 e. The Balaban J connectivity index is 1.23. The molecule has 16 heteroatoms. The molecule has 2 aromatic heterocycles. The molecule has 2 fully saturated rings. The number of hydrogen-bond donors (Lipinski definition) is 5. The van der Waals surface area contributed by atoms with E-state index in [1.165, 1.54) is 15.8 Å². The lowest BCUT2D eigenvalue weighted by Crippen LogP contribution is -2.55. The molecule has 2 saturated heterocycles. The van der Waals surface area contributed by atoms with E-state index in [4.69, 9.17) is 0 Å². The van der Waals surface area contributed by atoms with E-state index in [1.54, 1.807) is 30.5 Å². The first-order valence-electron chi connectivity index (χ1n) is 16.5. The van der Waals surface area contributed by atoms with Gasteiger partial charge < -0.3 is 31.3 Å². The van der Waals surface area contributed by atoms with Crippen LogP contribution in [-0.2, 0) is 30.5 Å². The number of carboxylic acid groups (broad SMARTS) is 1. The summed E-state index contributed by atoms with van der Waals surface area (Å²) in [5.41, 5.74) is 1.81. The van der Waals surface area contributed by atoms with Crippen molar-refractivity contribution < 1.29 is 33.9 Å². The van der Waals surface area contributed by atoms with Crippen LogP contribution in [0.5, 0.6) is 0 Å². The van der Waals surface area contributed by atoms with Gasteiger partial charge in [0.25, 0.3) is 5.91 Å². The highest BCUT2D eigenvalue weighted by atomic mass is 16.4. The zero-order valence-corrected chi connectivity index (χ0v) is 27.1. The van der Waals surface area contributed by atoms with Crippen molar-refractivity contribution in [2.75, 3.05) is 13.1 Å². The summed E-state index contributed by atoms with van der Waals surface area (Å²) >= 11 is 0. The number of para-hydroxylation sites is 2. The number of nitrogens with zero attached hydrogens (tertiary/aromatic N) is 5. The van der Waals surface area contributed by atoms with Crippen molar-refractivity contribution in [1.29, 1.82) is 0 Å². The molecule has 4 atom stereocenters. The molecule has 0 saturated carbocycles. The number of fused-ring (bicyclic) bond motifs is 3. The standard InChI is InChI=1S/C34H37N9O7/c44-29-13-12-26(34(49)50)40-32(47)28-15-21(37-30(45)19-42-17-20-7-1-2-8-22(20)41-42)18-43(28)33(48)25(11-5-6-14-35-29)39-31(46)27-16-36-23-9-3-4-10-24(23)38-27/h1-4,7-10,16-17,21,25-26,28H,5-6,11-15,18-19H2,(H,35,44)(H,37,45)(H,39,46)(H,40,47)(H,49,50)/t21-,25+,26+,28+/m1/s1. The second kappa shape index (κ2) is 15.1. The molecular weight excluding hydrogens is 646 g/mol. The second-order valence-electron chi connectivity index (χ2n) is 12.4. The van der Waals surface area contributed by atoms with E-state index >= 15 is 0 Å². The summed E-state index contributed by atoms with van der Waals surface area (Å²) in [7, 11) is 0. The molecule has 4 heterocycles. The van der Waals surface area contributed by atoms with Gasteiger partial charge in [-0.25, -0.2) is 9.78 Å². The number of aromatic nitrogens is 4. The number of hydrogen-bond acceptors (Lipinski definition) is 9. The molecule has 5 N–H and O–H groups in total. The maximum Gasteiger partial charge on any atom is 0.326 e. The number of carboxylic acids is 1. The minimum Gasteiger partial charge on any atom is -0.480 e. The van der Waals surface area contributed by atoms with Crippen LogP contribution in [0.2, 0.25) is 0 Å². The average Bonchev–Trinajstić information content (AvgIpc) is 3.71. The van der Waals surface area contributed by atoms with Gasteiger partial charge >= 0.3 is 5.97 Å². The summed E-state index contributed by atoms with van der Waals surface area (Å²) in [6.45, 7) is 0.106. The van der Waals surface area contributed by atoms with E-state index in [2.05, 4.69) is 36.3 Å². The Hall–Kier alpha value is -5.93. The van der Waals surface area contributed by atoms with E-state index in [-0.39, 0.29) is 56.9 Å². The lowest BCUT2D eigenvalue weighted by molar-refractivity contribution is -0.144. The minimum atomic E-state index is -1.39. The van der Waals surface area contributed by atoms with Gasteiger partial charge in [0.1, 0.15) is 30.4 Å².